The average Bonchev–Trinajstić information content (AvgIpc) is 3.42. The molecule has 0 aromatic carbocycles. The van der Waals surface area contributed by atoms with E-state index in [1.54, 1.807) is 0 Å². The Labute approximate surface area is 479 Å². The summed E-state index contributed by atoms with van der Waals surface area (Å²) in [7, 11) is -1.33. The third-order valence-corrected chi connectivity index (χ3v) is 21.0. The van der Waals surface area contributed by atoms with Crippen LogP contribution in [0.15, 0.2) is 0 Å². The highest BCUT2D eigenvalue weighted by atomic mass is 32.2. The van der Waals surface area contributed by atoms with Gasteiger partial charge >= 0.3 is 8.56 Å². The largest absolute Gasteiger partial charge is 0.436 e. The molecule has 0 amide bonds. The highest BCUT2D eigenvalue weighted by Crippen LogP contribution is 2.44. The van der Waals surface area contributed by atoms with E-state index in [1.807, 2.05) is 11.8 Å². The minimum Gasteiger partial charge on any atom is -0.436 e. The van der Waals surface area contributed by atoms with Crippen LogP contribution in [0.2, 0.25) is 22.7 Å². The van der Waals surface area contributed by atoms with Gasteiger partial charge in [0.2, 0.25) is 19.5 Å². The summed E-state index contributed by atoms with van der Waals surface area (Å²) < 4.78 is 97.2. The Morgan fingerprint density at radius 3 is 0.688 bits per heavy atom. The number of hydrogen-bond acceptors (Lipinski definition) is 19. The molecule has 0 saturated heterocycles. The van der Waals surface area contributed by atoms with E-state index in [1.165, 1.54) is 77.0 Å². The maximum atomic E-state index is 8.62. The lowest BCUT2D eigenvalue weighted by Gasteiger charge is -2.39. The van der Waals surface area contributed by atoms with Crippen molar-refractivity contribution in [1.29, 1.82) is 0 Å². The standard InChI is InChI=1S/C55H114O18SSi3/c1-8-14-54(15-9-2,16-10-3)75-72-77(7,73-76-55(17-11-4,18-12-5)19-13-6)53-52-74-51-50-71-49-48-70-47-46-69-45-44-68-43-42-67-41-40-66-39-38-65-37-36-64-35-34-63-33-32-62-31-30-61-29-28-60-27-26-59-25-24-58-23-22-57-21-20-56/h56H,8-53H2,1-7H3. The molecule has 77 heavy (non-hydrogen) atoms. The van der Waals surface area contributed by atoms with Gasteiger partial charge in [-0.05, 0) is 66.9 Å². The van der Waals surface area contributed by atoms with Crippen LogP contribution in [0.4, 0.5) is 0 Å². The van der Waals surface area contributed by atoms with E-state index in [-0.39, 0.29) is 6.61 Å². The van der Waals surface area contributed by atoms with Gasteiger partial charge in [-0.1, -0.05) is 80.1 Å². The average molecular weight is 1180 g/mol. The summed E-state index contributed by atoms with van der Waals surface area (Å²) in [6.07, 6.45) is 14.7. The van der Waals surface area contributed by atoms with Gasteiger partial charge in [0.25, 0.3) is 0 Å². The summed E-state index contributed by atoms with van der Waals surface area (Å²) in [6, 6.07) is 1.02. The summed E-state index contributed by atoms with van der Waals surface area (Å²) in [6.45, 7) is 31.5. The van der Waals surface area contributed by atoms with Gasteiger partial charge in [-0.2, -0.15) is 11.8 Å². The molecule has 0 bridgehead atoms. The molecule has 0 atom stereocenters. The molecular formula is C55H114O18SSi3. The lowest BCUT2D eigenvalue weighted by atomic mass is 9.92. The Morgan fingerprint density at radius 2 is 0.494 bits per heavy atom. The van der Waals surface area contributed by atoms with Crippen LogP contribution < -0.4 is 0 Å². The lowest BCUT2D eigenvalue weighted by Crippen LogP contribution is -2.46. The quantitative estimate of drug-likeness (QED) is 0.0453. The zero-order valence-electron chi connectivity index (χ0n) is 49.8. The summed E-state index contributed by atoms with van der Waals surface area (Å²) in [5.41, 5.74) is 0. The number of hydrogen-bond donors (Lipinski definition) is 1. The first-order valence-corrected chi connectivity index (χ1v) is 35.1. The van der Waals surface area contributed by atoms with Gasteiger partial charge in [-0.3, -0.25) is 0 Å². The summed E-state index contributed by atoms with van der Waals surface area (Å²) >= 11 is 1.96. The normalized spacial score (nSPS) is 12.5. The van der Waals surface area contributed by atoms with Crippen LogP contribution in [0.1, 0.15) is 119 Å². The summed E-state index contributed by atoms with van der Waals surface area (Å²) in [4.78, 5) is 0. The van der Waals surface area contributed by atoms with E-state index in [0.29, 0.717) is 228 Å². The van der Waals surface area contributed by atoms with Gasteiger partial charge in [0.15, 0.2) is 0 Å². The molecule has 0 unspecified atom stereocenters. The van der Waals surface area contributed by atoms with Crippen LogP contribution in [0, 0.1) is 0 Å². The van der Waals surface area contributed by atoms with Crippen LogP contribution in [0.5, 0.6) is 0 Å². The van der Waals surface area contributed by atoms with Crippen LogP contribution in [0.25, 0.3) is 0 Å². The number of aliphatic hydroxyl groups is 1. The van der Waals surface area contributed by atoms with Crippen molar-refractivity contribution < 1.29 is 84.4 Å². The van der Waals surface area contributed by atoms with Gasteiger partial charge in [-0.25, -0.2) is 0 Å². The Bertz CT molecular complexity index is 1090. The molecule has 0 aliphatic carbocycles. The zero-order valence-corrected chi connectivity index (χ0v) is 53.6. The molecule has 18 nitrogen and oxygen atoms in total. The maximum absolute atomic E-state index is 8.62. The second kappa shape index (κ2) is 60.9. The highest BCUT2D eigenvalue weighted by Gasteiger charge is 2.40. The lowest BCUT2D eigenvalue weighted by molar-refractivity contribution is -0.0301. The minimum atomic E-state index is -2.38. The van der Waals surface area contributed by atoms with Crippen LogP contribution in [-0.2, 0) is 79.3 Å². The zero-order chi connectivity index (χ0) is 56.2. The molecule has 0 aromatic heterocycles. The molecule has 0 aliphatic rings. The van der Waals surface area contributed by atoms with Crippen molar-refractivity contribution in [3.8, 4) is 0 Å². The Kier molecular flexibility index (Phi) is 61.1. The van der Waals surface area contributed by atoms with Gasteiger partial charge in [0.1, 0.15) is 0 Å². The number of ether oxygens (including phenoxy) is 15. The molecule has 0 aliphatic heterocycles. The van der Waals surface area contributed by atoms with Gasteiger partial charge in [-0.15, -0.1) is 0 Å². The van der Waals surface area contributed by atoms with Gasteiger partial charge in [0, 0.05) is 5.75 Å². The molecule has 0 heterocycles. The van der Waals surface area contributed by atoms with Crippen LogP contribution >= 0.6 is 11.8 Å². The highest BCUT2D eigenvalue weighted by molar-refractivity contribution is 7.99. The summed E-state index contributed by atoms with van der Waals surface area (Å²) in [5.74, 6) is 2.00. The fourth-order valence-corrected chi connectivity index (χ4v) is 17.6. The molecule has 0 spiro atoms. The SMILES string of the molecule is CCCC(CCC)(CCC)[Si]O[Si](C)(CCSCCOCCOCCOCCOCCOCCOCCOCCOCCOCCOCCOCCOCCOCCOCCOCCO)O[Si]C(CCC)(CCC)CCC. The van der Waals surface area contributed by atoms with Crippen molar-refractivity contribution >= 4 is 39.8 Å². The second-order valence-electron chi connectivity index (χ2n) is 18.9. The van der Waals surface area contributed by atoms with Gasteiger partial charge < -0.3 is 84.4 Å². The van der Waals surface area contributed by atoms with Crippen molar-refractivity contribution in [2.45, 2.75) is 141 Å². The van der Waals surface area contributed by atoms with Gasteiger partial charge in [0.05, 0.1) is 205 Å². The number of aliphatic hydroxyl groups excluding tert-OH is 1. The maximum Gasteiger partial charge on any atom is 0.314 e. The Balaban J connectivity index is 3.66. The molecule has 460 valence electrons. The Hall–Kier alpha value is 0.281. The molecule has 0 fully saturated rings. The van der Waals surface area contributed by atoms with Crippen LogP contribution in [0.3, 0.4) is 0 Å². The molecule has 0 aromatic rings. The minimum absolute atomic E-state index is 0.0216. The van der Waals surface area contributed by atoms with E-state index < -0.39 is 8.56 Å². The van der Waals surface area contributed by atoms with Crippen LogP contribution in [-0.4, -0.2) is 250 Å². The van der Waals surface area contributed by atoms with E-state index in [2.05, 4.69) is 48.1 Å². The summed E-state index contributed by atoms with van der Waals surface area (Å²) in [5, 5.41) is 9.21. The molecule has 0 rings (SSSR count). The van der Waals surface area contributed by atoms with Crippen molar-refractivity contribution in [3.05, 3.63) is 0 Å². The molecular weight excluding hydrogens is 1060 g/mol. The van der Waals surface area contributed by atoms with E-state index >= 15 is 0 Å². The predicted molar refractivity (Wildman–Crippen MR) is 312 cm³/mol. The second-order valence-corrected chi connectivity index (χ2v) is 27.0. The molecule has 4 radical (unpaired) electrons. The third kappa shape index (κ3) is 51.6. The fourth-order valence-electron chi connectivity index (χ4n) is 8.21. The van der Waals surface area contributed by atoms with E-state index in [0.717, 1.165) is 17.5 Å². The smallest absolute Gasteiger partial charge is 0.314 e. The molecule has 1 N–H and O–H groups in total. The topological polar surface area (TPSA) is 177 Å². The van der Waals surface area contributed by atoms with Crippen molar-refractivity contribution in [2.75, 3.05) is 216 Å². The first-order valence-electron chi connectivity index (χ1n) is 29.6. The van der Waals surface area contributed by atoms with Crippen molar-refractivity contribution in [1.82, 2.24) is 0 Å². The monoisotopic (exact) mass is 1180 g/mol. The fraction of sp³-hybridized carbons (Fsp3) is 1.00. The predicted octanol–water partition coefficient (Wildman–Crippen LogP) is 8.42. The number of thioether (sulfide) groups is 1. The first kappa shape index (κ1) is 77.3. The molecule has 0 saturated carbocycles. The third-order valence-electron chi connectivity index (χ3n) is 11.9. The van der Waals surface area contributed by atoms with E-state index in [9.17, 15) is 0 Å². The first-order chi connectivity index (χ1) is 37.8. The Morgan fingerprint density at radius 1 is 0.299 bits per heavy atom. The van der Waals surface area contributed by atoms with Crippen molar-refractivity contribution in [2.24, 2.45) is 0 Å². The molecule has 22 heteroatoms. The number of rotatable bonds is 68. The van der Waals surface area contributed by atoms with E-state index in [4.69, 9.17) is 84.4 Å². The van der Waals surface area contributed by atoms with Crippen molar-refractivity contribution in [3.63, 3.8) is 0 Å².